The summed E-state index contributed by atoms with van der Waals surface area (Å²) in [6.45, 7) is 1.94. The molecule has 102 valence electrons. The van der Waals surface area contributed by atoms with Crippen molar-refractivity contribution in [2.45, 2.75) is 13.3 Å². The highest BCUT2D eigenvalue weighted by molar-refractivity contribution is 6.34. The molecular weight excluding hydrogens is 282 g/mol. The second-order valence-electron chi connectivity index (χ2n) is 4.10. The molecule has 3 rings (SSSR count). The highest BCUT2D eigenvalue weighted by Gasteiger charge is 2.21. The third kappa shape index (κ3) is 2.08. The number of carbonyl (C=O) groups excluding carboxylic acids is 1. The summed E-state index contributed by atoms with van der Waals surface area (Å²) in [4.78, 5) is 19.8. The van der Waals surface area contributed by atoms with Crippen LogP contribution in [0.4, 0.5) is 0 Å². The Kier molecular flexibility index (Phi) is 3.23. The lowest BCUT2D eigenvalue weighted by atomic mass is 10.1. The number of fused-ring (bicyclic) bond motifs is 1. The van der Waals surface area contributed by atoms with Crippen molar-refractivity contribution in [3.63, 3.8) is 0 Å². The van der Waals surface area contributed by atoms with Gasteiger partial charge in [-0.2, -0.15) is 4.98 Å². The van der Waals surface area contributed by atoms with Crippen LogP contribution in [-0.2, 0) is 11.2 Å². The minimum Gasteiger partial charge on any atom is -0.459 e. The van der Waals surface area contributed by atoms with Gasteiger partial charge in [0.05, 0.1) is 22.9 Å². The van der Waals surface area contributed by atoms with E-state index in [1.54, 1.807) is 13.1 Å². The number of hydrogen-bond acceptors (Lipinski definition) is 6. The van der Waals surface area contributed by atoms with E-state index in [4.69, 9.17) is 20.9 Å². The quantitative estimate of drug-likeness (QED) is 0.809. The molecule has 0 aromatic carbocycles. The van der Waals surface area contributed by atoms with Crippen LogP contribution in [-0.4, -0.2) is 27.7 Å². The predicted octanol–water partition coefficient (Wildman–Crippen LogP) is 2.53. The van der Waals surface area contributed by atoms with Crippen molar-refractivity contribution in [2.75, 3.05) is 6.61 Å². The molecule has 0 radical (unpaired) electrons. The van der Waals surface area contributed by atoms with Gasteiger partial charge in [0.1, 0.15) is 0 Å². The number of pyridine rings is 1. The van der Waals surface area contributed by atoms with Crippen LogP contribution < -0.4 is 0 Å². The third-order valence-corrected chi connectivity index (χ3v) is 3.25. The number of hydrogen-bond donors (Lipinski definition) is 0. The van der Waals surface area contributed by atoms with Gasteiger partial charge in [-0.3, -0.25) is 4.98 Å². The molecule has 6 nitrogen and oxygen atoms in total. The summed E-state index contributed by atoms with van der Waals surface area (Å²) in [5.74, 6) is -0.640. The monoisotopic (exact) mass is 291 g/mol. The lowest BCUT2D eigenvalue weighted by Crippen LogP contribution is -2.04. The molecule has 1 aliphatic rings. The van der Waals surface area contributed by atoms with Crippen molar-refractivity contribution in [3.05, 3.63) is 34.4 Å². The van der Waals surface area contributed by atoms with Crippen LogP contribution in [0.5, 0.6) is 0 Å². The number of allylic oxidation sites excluding steroid dienone is 1. The van der Waals surface area contributed by atoms with Crippen molar-refractivity contribution in [2.24, 2.45) is 0 Å². The minimum atomic E-state index is -0.656. The number of esters is 1. The van der Waals surface area contributed by atoms with E-state index in [1.807, 2.05) is 12.2 Å². The van der Waals surface area contributed by atoms with Crippen LogP contribution in [0, 0.1) is 0 Å². The van der Waals surface area contributed by atoms with E-state index in [0.29, 0.717) is 10.6 Å². The predicted molar refractivity (Wildman–Crippen MR) is 71.2 cm³/mol. The van der Waals surface area contributed by atoms with E-state index in [1.165, 1.54) is 0 Å². The van der Waals surface area contributed by atoms with Gasteiger partial charge in [-0.1, -0.05) is 28.9 Å². The third-order valence-electron chi connectivity index (χ3n) is 2.85. The number of carbonyl (C=O) groups is 1. The molecule has 0 aliphatic heterocycles. The minimum absolute atomic E-state index is 0.200. The highest BCUT2D eigenvalue weighted by Crippen LogP contribution is 2.33. The van der Waals surface area contributed by atoms with Gasteiger partial charge in [0.15, 0.2) is 0 Å². The normalized spacial score (nSPS) is 12.5. The van der Waals surface area contributed by atoms with Gasteiger partial charge in [0.2, 0.25) is 5.82 Å². The molecule has 0 N–H and O–H groups in total. The summed E-state index contributed by atoms with van der Waals surface area (Å²) in [5.41, 5.74) is 2.29. The largest absolute Gasteiger partial charge is 0.459 e. The van der Waals surface area contributed by atoms with Crippen LogP contribution in [0.3, 0.4) is 0 Å². The highest BCUT2D eigenvalue weighted by atomic mass is 35.5. The van der Waals surface area contributed by atoms with E-state index in [9.17, 15) is 4.79 Å². The maximum atomic E-state index is 11.5. The van der Waals surface area contributed by atoms with Crippen molar-refractivity contribution < 1.29 is 14.1 Å². The van der Waals surface area contributed by atoms with Crippen LogP contribution in [0.2, 0.25) is 5.02 Å². The van der Waals surface area contributed by atoms with Gasteiger partial charge in [-0.05, 0) is 6.92 Å². The average molecular weight is 292 g/mol. The second-order valence-corrected chi connectivity index (χ2v) is 4.47. The van der Waals surface area contributed by atoms with Crippen LogP contribution >= 0.6 is 11.6 Å². The molecular formula is C13H10ClN3O3. The van der Waals surface area contributed by atoms with E-state index in [-0.39, 0.29) is 18.3 Å². The summed E-state index contributed by atoms with van der Waals surface area (Å²) in [6, 6.07) is 0. The van der Waals surface area contributed by atoms with Crippen molar-refractivity contribution >= 4 is 23.6 Å². The number of halogens is 1. The molecule has 2 heterocycles. The number of rotatable bonds is 3. The lowest BCUT2D eigenvalue weighted by molar-refractivity contribution is 0.0470. The van der Waals surface area contributed by atoms with Gasteiger partial charge in [-0.25, -0.2) is 4.79 Å². The maximum Gasteiger partial charge on any atom is 0.397 e. The molecule has 0 amide bonds. The molecule has 0 bridgehead atoms. The SMILES string of the molecule is CCOC(=O)c1nc(-c2cnc3c(c2Cl)C=CC3)no1. The molecule has 2 aromatic rings. The molecule has 0 unspecified atom stereocenters. The van der Waals surface area contributed by atoms with E-state index in [0.717, 1.165) is 17.7 Å². The van der Waals surface area contributed by atoms with Crippen LogP contribution in [0.1, 0.15) is 28.9 Å². The Bertz CT molecular complexity index is 709. The molecule has 0 atom stereocenters. The van der Waals surface area contributed by atoms with Crippen LogP contribution in [0.15, 0.2) is 16.8 Å². The Hall–Kier alpha value is -2.21. The molecule has 7 heteroatoms. The van der Waals surface area contributed by atoms with Crippen molar-refractivity contribution in [3.8, 4) is 11.4 Å². The Morgan fingerprint density at radius 1 is 1.55 bits per heavy atom. The van der Waals surface area contributed by atoms with Gasteiger partial charge >= 0.3 is 11.9 Å². The Morgan fingerprint density at radius 3 is 3.20 bits per heavy atom. The molecule has 20 heavy (non-hydrogen) atoms. The molecule has 0 saturated carbocycles. The standard InChI is InChI=1S/C13H10ClN3O3/c1-2-19-13(18)12-16-11(17-20-12)8-6-15-9-5-3-4-7(9)10(8)14/h3-4,6H,2,5H2,1H3. The molecule has 0 spiro atoms. The zero-order valence-electron chi connectivity index (χ0n) is 10.6. The first-order valence-corrected chi connectivity index (χ1v) is 6.43. The molecule has 0 fully saturated rings. The Labute approximate surface area is 119 Å². The zero-order chi connectivity index (χ0) is 14.1. The fraction of sp³-hybridized carbons (Fsp3) is 0.231. The lowest BCUT2D eigenvalue weighted by Gasteiger charge is -2.04. The summed E-state index contributed by atoms with van der Waals surface area (Å²) in [7, 11) is 0. The van der Waals surface area contributed by atoms with E-state index in [2.05, 4.69) is 15.1 Å². The summed E-state index contributed by atoms with van der Waals surface area (Å²) >= 11 is 6.31. The second kappa shape index (κ2) is 5.05. The summed E-state index contributed by atoms with van der Waals surface area (Å²) in [6.07, 6.45) is 6.22. The average Bonchev–Trinajstić information content (AvgIpc) is 3.08. The van der Waals surface area contributed by atoms with E-state index < -0.39 is 5.97 Å². The molecule has 0 saturated heterocycles. The smallest absolute Gasteiger partial charge is 0.397 e. The van der Waals surface area contributed by atoms with Crippen molar-refractivity contribution in [1.82, 2.24) is 15.1 Å². The Morgan fingerprint density at radius 2 is 2.40 bits per heavy atom. The first kappa shape index (κ1) is 12.8. The first-order valence-electron chi connectivity index (χ1n) is 6.05. The van der Waals surface area contributed by atoms with Crippen LogP contribution in [0.25, 0.3) is 17.5 Å². The van der Waals surface area contributed by atoms with Gasteiger partial charge in [-0.15, -0.1) is 0 Å². The van der Waals surface area contributed by atoms with Gasteiger partial charge in [0, 0.05) is 18.2 Å². The maximum absolute atomic E-state index is 11.5. The number of ether oxygens (including phenoxy) is 1. The summed E-state index contributed by atoms with van der Waals surface area (Å²) in [5, 5.41) is 4.24. The molecule has 1 aliphatic carbocycles. The Balaban J connectivity index is 1.98. The molecule has 2 aromatic heterocycles. The number of nitrogens with zero attached hydrogens (tertiary/aromatic N) is 3. The van der Waals surface area contributed by atoms with Gasteiger partial charge in [0.25, 0.3) is 0 Å². The van der Waals surface area contributed by atoms with E-state index >= 15 is 0 Å². The fourth-order valence-electron chi connectivity index (χ4n) is 1.93. The fourth-order valence-corrected chi connectivity index (χ4v) is 2.23. The van der Waals surface area contributed by atoms with Crippen molar-refractivity contribution in [1.29, 1.82) is 0 Å². The van der Waals surface area contributed by atoms with Gasteiger partial charge < -0.3 is 9.26 Å². The topological polar surface area (TPSA) is 78.1 Å². The zero-order valence-corrected chi connectivity index (χ0v) is 11.3. The summed E-state index contributed by atoms with van der Waals surface area (Å²) < 4.78 is 9.65. The first-order chi connectivity index (χ1) is 9.70. The number of aromatic nitrogens is 3.